The number of likely N-dealkylation sites (N-methyl/N-ethyl adjacent to an activating group) is 1. The molecule has 1 saturated heterocycles. The molecule has 0 amide bonds. The van der Waals surface area contributed by atoms with Crippen molar-refractivity contribution in [3.8, 4) is 0 Å². The Kier molecular flexibility index (Phi) is 6.19. The highest BCUT2D eigenvalue weighted by atomic mass is 32.2. The highest BCUT2D eigenvalue weighted by molar-refractivity contribution is 7.99. The van der Waals surface area contributed by atoms with Gasteiger partial charge in [-0.15, -0.1) is 0 Å². The number of thioether (sulfide) groups is 1. The van der Waals surface area contributed by atoms with Crippen LogP contribution >= 0.6 is 11.8 Å². The normalized spacial score (nSPS) is 18.7. The van der Waals surface area contributed by atoms with Crippen molar-refractivity contribution in [3.63, 3.8) is 0 Å². The summed E-state index contributed by atoms with van der Waals surface area (Å²) in [7, 11) is 2.12. The lowest BCUT2D eigenvalue weighted by molar-refractivity contribution is 0.376. The minimum absolute atomic E-state index is 0.251. The van der Waals surface area contributed by atoms with Crippen molar-refractivity contribution in [3.05, 3.63) is 35.4 Å². The van der Waals surface area contributed by atoms with Gasteiger partial charge in [0.25, 0.3) is 0 Å². The third kappa shape index (κ3) is 5.34. The summed E-state index contributed by atoms with van der Waals surface area (Å²) in [5.41, 5.74) is 3.14. The van der Waals surface area contributed by atoms with Gasteiger partial charge in [0.1, 0.15) is 0 Å². The van der Waals surface area contributed by atoms with Crippen molar-refractivity contribution < 1.29 is 0 Å². The van der Waals surface area contributed by atoms with E-state index >= 15 is 0 Å². The molecule has 2 rings (SSSR count). The summed E-state index contributed by atoms with van der Waals surface area (Å²) < 4.78 is 0. The van der Waals surface area contributed by atoms with Crippen LogP contribution in [0.3, 0.4) is 0 Å². The van der Waals surface area contributed by atoms with E-state index in [-0.39, 0.29) is 5.41 Å². The monoisotopic (exact) mass is 305 g/mol. The lowest BCUT2D eigenvalue weighted by atomic mass is 9.86. The molecular weight excluding hydrogens is 274 g/mol. The zero-order valence-electron chi connectivity index (χ0n) is 14.1. The van der Waals surface area contributed by atoms with Crippen LogP contribution in [0.2, 0.25) is 0 Å². The van der Waals surface area contributed by atoms with Crippen LogP contribution < -0.4 is 5.32 Å². The number of hydrogen-bond acceptors (Lipinski definition) is 2. The van der Waals surface area contributed by atoms with Crippen LogP contribution in [0, 0.1) is 5.92 Å². The van der Waals surface area contributed by atoms with Crippen LogP contribution in [-0.4, -0.2) is 24.6 Å². The van der Waals surface area contributed by atoms with Gasteiger partial charge >= 0.3 is 0 Å². The van der Waals surface area contributed by atoms with Gasteiger partial charge in [0.05, 0.1) is 0 Å². The Labute approximate surface area is 135 Å². The first-order chi connectivity index (χ1) is 9.99. The average Bonchev–Trinajstić information content (AvgIpc) is 2.47. The summed E-state index contributed by atoms with van der Waals surface area (Å²) in [5, 5.41) is 3.54. The molecule has 1 aromatic rings. The number of benzene rings is 1. The summed E-state index contributed by atoms with van der Waals surface area (Å²) in [4.78, 5) is 0. The van der Waals surface area contributed by atoms with Gasteiger partial charge in [-0.05, 0) is 66.7 Å². The van der Waals surface area contributed by atoms with Gasteiger partial charge in [-0.2, -0.15) is 11.8 Å². The Morgan fingerprint density at radius 3 is 2.29 bits per heavy atom. The Balaban J connectivity index is 1.91. The van der Waals surface area contributed by atoms with Crippen LogP contribution in [-0.2, 0) is 11.8 Å². The predicted molar refractivity (Wildman–Crippen MR) is 96.4 cm³/mol. The molecule has 1 nitrogen and oxygen atoms in total. The minimum Gasteiger partial charge on any atom is -0.317 e. The molecule has 1 fully saturated rings. The molecule has 0 aromatic heterocycles. The van der Waals surface area contributed by atoms with E-state index in [0.29, 0.717) is 6.04 Å². The van der Waals surface area contributed by atoms with Crippen molar-refractivity contribution >= 4 is 11.8 Å². The molecule has 1 aromatic carbocycles. The van der Waals surface area contributed by atoms with E-state index in [1.54, 1.807) is 0 Å². The summed E-state index contributed by atoms with van der Waals surface area (Å²) in [6, 6.07) is 9.88. The fourth-order valence-corrected chi connectivity index (χ4v) is 4.32. The quantitative estimate of drug-likeness (QED) is 0.850. The molecule has 1 N–H and O–H groups in total. The smallest absolute Gasteiger partial charge is 0.0107 e. The topological polar surface area (TPSA) is 12.0 Å². The number of rotatable bonds is 5. The van der Waals surface area contributed by atoms with Crippen molar-refractivity contribution in [2.45, 2.75) is 57.9 Å². The highest BCUT2D eigenvalue weighted by Gasteiger charge is 2.19. The lowest BCUT2D eigenvalue weighted by Crippen LogP contribution is -2.31. The first kappa shape index (κ1) is 16.9. The summed E-state index contributed by atoms with van der Waals surface area (Å²) in [6.45, 7) is 6.83. The van der Waals surface area contributed by atoms with Crippen LogP contribution in [0.5, 0.6) is 0 Å². The molecule has 1 atom stereocenters. The van der Waals surface area contributed by atoms with Crippen LogP contribution in [0.4, 0.5) is 0 Å². The third-order valence-corrected chi connectivity index (χ3v) is 5.72. The zero-order chi connectivity index (χ0) is 15.3. The first-order valence-electron chi connectivity index (χ1n) is 8.33. The fraction of sp³-hybridized carbons (Fsp3) is 0.684. The summed E-state index contributed by atoms with van der Waals surface area (Å²) in [5.74, 6) is 3.65. The van der Waals surface area contributed by atoms with E-state index < -0.39 is 0 Å². The number of nitrogens with one attached hydrogen (secondary N) is 1. The van der Waals surface area contributed by atoms with Gasteiger partial charge in [-0.25, -0.2) is 0 Å². The Bertz CT molecular complexity index is 412. The van der Waals surface area contributed by atoms with Crippen molar-refractivity contribution in [2.75, 3.05) is 18.6 Å². The molecule has 1 aliphatic rings. The average molecular weight is 306 g/mol. The Hall–Kier alpha value is -0.470. The number of hydrogen-bond donors (Lipinski definition) is 1. The molecule has 0 bridgehead atoms. The second kappa shape index (κ2) is 7.69. The molecule has 0 saturated carbocycles. The SMILES string of the molecule is CNC(Cc1ccc(C(C)(C)C)cc1)CC1CCSCC1. The van der Waals surface area contributed by atoms with Crippen molar-refractivity contribution in [1.29, 1.82) is 0 Å². The zero-order valence-corrected chi connectivity index (χ0v) is 14.9. The molecule has 0 radical (unpaired) electrons. The van der Waals surface area contributed by atoms with E-state index in [9.17, 15) is 0 Å². The standard InChI is InChI=1S/C19H31NS/c1-19(2,3)17-7-5-15(6-8-17)13-18(20-4)14-16-9-11-21-12-10-16/h5-8,16,18,20H,9-14H2,1-4H3. The largest absolute Gasteiger partial charge is 0.317 e. The molecule has 2 heteroatoms. The van der Waals surface area contributed by atoms with E-state index in [1.165, 1.54) is 41.9 Å². The van der Waals surface area contributed by atoms with Gasteiger partial charge in [0.15, 0.2) is 0 Å². The fourth-order valence-electron chi connectivity index (χ4n) is 3.11. The first-order valence-corrected chi connectivity index (χ1v) is 9.49. The van der Waals surface area contributed by atoms with Gasteiger partial charge in [-0.3, -0.25) is 0 Å². The predicted octanol–water partition coefficient (Wildman–Crippen LogP) is 4.65. The summed E-state index contributed by atoms with van der Waals surface area (Å²) in [6.07, 6.45) is 5.31. The Morgan fingerprint density at radius 2 is 1.76 bits per heavy atom. The Morgan fingerprint density at radius 1 is 1.14 bits per heavy atom. The molecule has 118 valence electrons. The molecule has 1 heterocycles. The third-order valence-electron chi connectivity index (χ3n) is 4.67. The van der Waals surface area contributed by atoms with Gasteiger partial charge in [-0.1, -0.05) is 45.0 Å². The van der Waals surface area contributed by atoms with Gasteiger partial charge < -0.3 is 5.32 Å². The van der Waals surface area contributed by atoms with Gasteiger partial charge in [0.2, 0.25) is 0 Å². The molecule has 21 heavy (non-hydrogen) atoms. The van der Waals surface area contributed by atoms with Crippen LogP contribution in [0.15, 0.2) is 24.3 Å². The second-order valence-corrected chi connectivity index (χ2v) is 8.65. The lowest BCUT2D eigenvalue weighted by Gasteiger charge is -2.26. The second-order valence-electron chi connectivity index (χ2n) is 7.43. The molecule has 0 aliphatic carbocycles. The minimum atomic E-state index is 0.251. The van der Waals surface area contributed by atoms with E-state index in [4.69, 9.17) is 0 Å². The van der Waals surface area contributed by atoms with E-state index in [1.807, 2.05) is 0 Å². The van der Waals surface area contributed by atoms with E-state index in [2.05, 4.69) is 69.2 Å². The van der Waals surface area contributed by atoms with Crippen molar-refractivity contribution in [2.24, 2.45) is 5.92 Å². The highest BCUT2D eigenvalue weighted by Crippen LogP contribution is 2.27. The van der Waals surface area contributed by atoms with Crippen LogP contribution in [0.25, 0.3) is 0 Å². The van der Waals surface area contributed by atoms with Gasteiger partial charge in [0, 0.05) is 6.04 Å². The molecular formula is C19H31NS. The van der Waals surface area contributed by atoms with Crippen molar-refractivity contribution in [1.82, 2.24) is 5.32 Å². The molecule has 1 aliphatic heterocycles. The van der Waals surface area contributed by atoms with E-state index in [0.717, 1.165) is 12.3 Å². The molecule has 1 unspecified atom stereocenters. The maximum absolute atomic E-state index is 3.54. The maximum atomic E-state index is 3.54. The molecule has 0 spiro atoms. The maximum Gasteiger partial charge on any atom is 0.0107 e. The summed E-state index contributed by atoms with van der Waals surface area (Å²) >= 11 is 2.12. The van der Waals surface area contributed by atoms with Crippen LogP contribution in [0.1, 0.15) is 51.2 Å².